The summed E-state index contributed by atoms with van der Waals surface area (Å²) in [6.07, 6.45) is 0.405. The Morgan fingerprint density at radius 3 is 2.17 bits per heavy atom. The maximum absolute atomic E-state index is 12.2. The van der Waals surface area contributed by atoms with Gasteiger partial charge in [-0.1, -0.05) is 29.3 Å². The summed E-state index contributed by atoms with van der Waals surface area (Å²) in [5.41, 5.74) is 3.17. The summed E-state index contributed by atoms with van der Waals surface area (Å²) < 4.78 is 10.8. The molecule has 0 heterocycles. The number of esters is 1. The van der Waals surface area contributed by atoms with Crippen LogP contribution in [0.15, 0.2) is 60.7 Å². The zero-order valence-electron chi connectivity index (χ0n) is 19.9. The number of nitrogens with one attached hydrogen (secondary N) is 2. The van der Waals surface area contributed by atoms with Crippen LogP contribution in [-0.4, -0.2) is 24.4 Å². The number of hydrogen-bond acceptors (Lipinski definition) is 5. The fraction of sp³-hybridized carbons (Fsp3) is 0.222. The molecule has 0 saturated carbocycles. The van der Waals surface area contributed by atoms with Gasteiger partial charge in [0.15, 0.2) is 6.61 Å². The molecule has 7 nitrogen and oxygen atoms in total. The van der Waals surface area contributed by atoms with E-state index in [1.807, 2.05) is 26.0 Å². The van der Waals surface area contributed by atoms with Crippen LogP contribution in [0.25, 0.3) is 0 Å². The van der Waals surface area contributed by atoms with E-state index >= 15 is 0 Å². The molecule has 188 valence electrons. The minimum absolute atomic E-state index is 0.00130. The van der Waals surface area contributed by atoms with Crippen LogP contribution >= 0.6 is 23.2 Å². The van der Waals surface area contributed by atoms with Gasteiger partial charge in [0.25, 0.3) is 5.91 Å². The molecule has 2 N–H and O–H groups in total. The fourth-order valence-electron chi connectivity index (χ4n) is 3.35. The van der Waals surface area contributed by atoms with Gasteiger partial charge in [-0.25, -0.2) is 0 Å². The fourth-order valence-corrected chi connectivity index (χ4v) is 3.69. The first-order chi connectivity index (χ1) is 17.2. The molecule has 0 aliphatic heterocycles. The predicted octanol–water partition coefficient (Wildman–Crippen LogP) is 6.69. The number of benzene rings is 3. The van der Waals surface area contributed by atoms with Crippen molar-refractivity contribution in [2.24, 2.45) is 0 Å². The molecular formula is C27H26Cl2N2O5. The average molecular weight is 529 g/mol. The Morgan fingerprint density at radius 1 is 0.778 bits per heavy atom. The molecule has 9 heteroatoms. The Kier molecular flexibility index (Phi) is 9.73. The minimum atomic E-state index is -0.581. The maximum Gasteiger partial charge on any atom is 0.306 e. The molecule has 0 bridgehead atoms. The van der Waals surface area contributed by atoms with Crippen molar-refractivity contribution < 1.29 is 23.9 Å². The first-order valence-electron chi connectivity index (χ1n) is 11.2. The van der Waals surface area contributed by atoms with Crippen molar-refractivity contribution in [2.75, 3.05) is 17.2 Å². The standard InChI is InChI=1S/C27H26Cl2N2O5/c1-17-12-18(2)14-22(13-17)36-21-9-7-20(8-10-21)30-25(32)4-3-5-27(34)35-16-26(33)31-24-15-19(28)6-11-23(24)29/h6-15H,3-5,16H2,1-2H3,(H,30,32)(H,31,33). The normalized spacial score (nSPS) is 10.4. The van der Waals surface area contributed by atoms with Gasteiger partial charge in [-0.05, 0) is 86.0 Å². The highest BCUT2D eigenvalue weighted by Gasteiger charge is 2.11. The van der Waals surface area contributed by atoms with E-state index in [-0.39, 0.29) is 25.2 Å². The molecule has 3 rings (SSSR count). The third kappa shape index (κ3) is 8.91. The molecule has 0 radical (unpaired) electrons. The van der Waals surface area contributed by atoms with E-state index in [1.54, 1.807) is 36.4 Å². The summed E-state index contributed by atoms with van der Waals surface area (Å²) in [5.74, 6) is 0.0432. The van der Waals surface area contributed by atoms with Gasteiger partial charge < -0.3 is 20.1 Å². The second-order valence-electron chi connectivity index (χ2n) is 8.18. The van der Waals surface area contributed by atoms with Crippen LogP contribution in [-0.2, 0) is 19.1 Å². The van der Waals surface area contributed by atoms with Gasteiger partial charge in [0, 0.05) is 23.6 Å². The Hall–Kier alpha value is -3.55. The van der Waals surface area contributed by atoms with Crippen LogP contribution in [0.2, 0.25) is 10.0 Å². The molecule has 36 heavy (non-hydrogen) atoms. The third-order valence-electron chi connectivity index (χ3n) is 4.92. The van der Waals surface area contributed by atoms with E-state index in [2.05, 4.69) is 16.7 Å². The number of ether oxygens (including phenoxy) is 2. The molecule has 0 fully saturated rings. The number of amides is 2. The number of anilines is 2. The van der Waals surface area contributed by atoms with Gasteiger partial charge in [-0.2, -0.15) is 0 Å². The number of hydrogen-bond donors (Lipinski definition) is 2. The summed E-state index contributed by atoms with van der Waals surface area (Å²) in [7, 11) is 0. The van der Waals surface area contributed by atoms with Crippen LogP contribution in [0, 0.1) is 13.8 Å². The van der Waals surface area contributed by atoms with Gasteiger partial charge in [0.2, 0.25) is 5.91 Å². The molecule has 0 unspecified atom stereocenters. The van der Waals surface area contributed by atoms with E-state index in [4.69, 9.17) is 32.7 Å². The van der Waals surface area contributed by atoms with E-state index in [9.17, 15) is 14.4 Å². The van der Waals surface area contributed by atoms with Crippen molar-refractivity contribution in [2.45, 2.75) is 33.1 Å². The molecule has 0 aliphatic rings. The van der Waals surface area contributed by atoms with Crippen molar-refractivity contribution in [1.82, 2.24) is 0 Å². The van der Waals surface area contributed by atoms with Crippen LogP contribution in [0.4, 0.5) is 11.4 Å². The molecular weight excluding hydrogens is 503 g/mol. The van der Waals surface area contributed by atoms with Gasteiger partial charge in [-0.3, -0.25) is 14.4 Å². The lowest BCUT2D eigenvalue weighted by atomic mass is 10.1. The number of carbonyl (C=O) groups is 3. The molecule has 0 atom stereocenters. The Bertz CT molecular complexity index is 1230. The van der Waals surface area contributed by atoms with Crippen molar-refractivity contribution in [3.8, 4) is 11.5 Å². The highest BCUT2D eigenvalue weighted by Crippen LogP contribution is 2.26. The topological polar surface area (TPSA) is 93.7 Å². The molecule has 3 aromatic carbocycles. The highest BCUT2D eigenvalue weighted by atomic mass is 35.5. The van der Waals surface area contributed by atoms with Crippen molar-refractivity contribution in [3.63, 3.8) is 0 Å². The largest absolute Gasteiger partial charge is 0.457 e. The van der Waals surface area contributed by atoms with Crippen LogP contribution < -0.4 is 15.4 Å². The van der Waals surface area contributed by atoms with Gasteiger partial charge >= 0.3 is 5.97 Å². The van der Waals surface area contributed by atoms with Crippen LogP contribution in [0.3, 0.4) is 0 Å². The lowest BCUT2D eigenvalue weighted by molar-refractivity contribution is -0.147. The van der Waals surface area contributed by atoms with E-state index in [0.717, 1.165) is 16.9 Å². The zero-order chi connectivity index (χ0) is 26.1. The quantitative estimate of drug-likeness (QED) is 0.285. The summed E-state index contributed by atoms with van der Waals surface area (Å²) in [5, 5.41) is 6.03. The Morgan fingerprint density at radius 2 is 1.47 bits per heavy atom. The summed E-state index contributed by atoms with van der Waals surface area (Å²) in [6.45, 7) is 3.55. The van der Waals surface area contributed by atoms with Crippen LogP contribution in [0.1, 0.15) is 30.4 Å². The lowest BCUT2D eigenvalue weighted by Gasteiger charge is -2.10. The maximum atomic E-state index is 12.2. The SMILES string of the molecule is Cc1cc(C)cc(Oc2ccc(NC(=O)CCCC(=O)OCC(=O)Nc3cc(Cl)ccc3Cl)cc2)c1. The highest BCUT2D eigenvalue weighted by molar-refractivity contribution is 6.35. The molecule has 0 aliphatic carbocycles. The molecule has 0 saturated heterocycles. The van der Waals surface area contributed by atoms with E-state index in [1.165, 1.54) is 6.07 Å². The first-order valence-corrected chi connectivity index (χ1v) is 12.0. The first kappa shape index (κ1) is 27.0. The monoisotopic (exact) mass is 528 g/mol. The lowest BCUT2D eigenvalue weighted by Crippen LogP contribution is -2.21. The number of aryl methyl sites for hydroxylation is 2. The van der Waals surface area contributed by atoms with Crippen molar-refractivity contribution in [3.05, 3.63) is 81.8 Å². The molecule has 2 amide bonds. The summed E-state index contributed by atoms with van der Waals surface area (Å²) in [6, 6.07) is 17.6. The predicted molar refractivity (Wildman–Crippen MR) is 141 cm³/mol. The van der Waals surface area contributed by atoms with Crippen molar-refractivity contribution in [1.29, 1.82) is 0 Å². The second-order valence-corrected chi connectivity index (χ2v) is 9.03. The number of halogens is 2. The Balaban J connectivity index is 1.35. The smallest absolute Gasteiger partial charge is 0.306 e. The minimum Gasteiger partial charge on any atom is -0.457 e. The number of carbonyl (C=O) groups excluding carboxylic acids is 3. The van der Waals surface area contributed by atoms with Crippen LogP contribution in [0.5, 0.6) is 11.5 Å². The van der Waals surface area contributed by atoms with Gasteiger partial charge in [0.1, 0.15) is 11.5 Å². The van der Waals surface area contributed by atoms with Gasteiger partial charge in [-0.15, -0.1) is 0 Å². The molecule has 3 aromatic rings. The second kappa shape index (κ2) is 13.0. The zero-order valence-corrected chi connectivity index (χ0v) is 21.4. The van der Waals surface area contributed by atoms with Crippen molar-refractivity contribution >= 4 is 52.4 Å². The summed E-state index contributed by atoms with van der Waals surface area (Å²) >= 11 is 11.9. The average Bonchev–Trinajstić information content (AvgIpc) is 2.81. The molecule has 0 aromatic heterocycles. The van der Waals surface area contributed by atoms with Gasteiger partial charge in [0.05, 0.1) is 10.7 Å². The third-order valence-corrected chi connectivity index (χ3v) is 5.49. The number of rotatable bonds is 10. The van der Waals surface area contributed by atoms with E-state index in [0.29, 0.717) is 27.2 Å². The summed E-state index contributed by atoms with van der Waals surface area (Å²) in [4.78, 5) is 36.0. The van der Waals surface area contributed by atoms with E-state index < -0.39 is 18.5 Å². The Labute approximate surface area is 219 Å². The molecule has 0 spiro atoms.